The quantitative estimate of drug-likeness (QED) is 0.728. The van der Waals surface area contributed by atoms with Gasteiger partial charge in [0.15, 0.2) is 5.69 Å². The monoisotopic (exact) mass is 393 g/mol. The van der Waals surface area contributed by atoms with E-state index in [0.29, 0.717) is 18.9 Å². The van der Waals surface area contributed by atoms with Crippen LogP contribution in [0.25, 0.3) is 5.78 Å². The van der Waals surface area contributed by atoms with Crippen LogP contribution >= 0.6 is 0 Å². The molecular formula is C18H18F3N5O2. The summed E-state index contributed by atoms with van der Waals surface area (Å²) in [5.74, 6) is 0.731. The van der Waals surface area contributed by atoms with E-state index in [1.807, 2.05) is 13.0 Å². The first kappa shape index (κ1) is 18.5. The van der Waals surface area contributed by atoms with E-state index in [0.717, 1.165) is 36.5 Å². The molecule has 10 heteroatoms. The highest BCUT2D eigenvalue weighted by atomic mass is 19.4. The number of hydrogen-bond acceptors (Lipinski definition) is 6. The second kappa shape index (κ2) is 7.27. The van der Waals surface area contributed by atoms with Crippen molar-refractivity contribution in [1.82, 2.24) is 19.6 Å². The summed E-state index contributed by atoms with van der Waals surface area (Å²) in [5, 5.41) is 6.89. The molecule has 3 heterocycles. The molecule has 1 N–H and O–H groups in total. The molecule has 1 saturated heterocycles. The fraction of sp³-hybridized carbons (Fsp3) is 0.389. The highest BCUT2D eigenvalue weighted by Gasteiger charge is 2.34. The lowest BCUT2D eigenvalue weighted by Crippen LogP contribution is -2.26. The Morgan fingerprint density at radius 2 is 2.00 bits per heavy atom. The molecular weight excluding hydrogens is 375 g/mol. The minimum absolute atomic E-state index is 0.107. The highest BCUT2D eigenvalue weighted by molar-refractivity contribution is 5.61. The first-order chi connectivity index (χ1) is 13.4. The van der Waals surface area contributed by atoms with E-state index in [9.17, 15) is 13.2 Å². The van der Waals surface area contributed by atoms with Crippen molar-refractivity contribution in [2.45, 2.75) is 32.0 Å². The molecule has 1 aliphatic rings. The number of hydrogen-bond donors (Lipinski definition) is 1. The Kier molecular flexibility index (Phi) is 4.80. The van der Waals surface area contributed by atoms with Crippen molar-refractivity contribution < 1.29 is 22.6 Å². The van der Waals surface area contributed by atoms with Crippen LogP contribution in [-0.4, -0.2) is 38.9 Å². The van der Waals surface area contributed by atoms with E-state index >= 15 is 0 Å². The summed E-state index contributed by atoms with van der Waals surface area (Å²) >= 11 is 0. The molecule has 1 aromatic carbocycles. The van der Waals surface area contributed by atoms with E-state index in [1.54, 1.807) is 12.1 Å². The largest absolute Gasteiger partial charge is 0.490 e. The van der Waals surface area contributed by atoms with Gasteiger partial charge in [-0.25, -0.2) is 4.98 Å². The number of alkyl halides is 3. The molecule has 0 unspecified atom stereocenters. The SMILES string of the molecule is Cc1cc(Nc2cc(C(F)(F)F)nc3ncnn23)ccc1OC1CCOCC1. The van der Waals surface area contributed by atoms with Gasteiger partial charge in [0.05, 0.1) is 13.2 Å². The van der Waals surface area contributed by atoms with Crippen molar-refractivity contribution in [2.24, 2.45) is 0 Å². The number of nitrogens with zero attached hydrogens (tertiary/aromatic N) is 4. The number of aromatic nitrogens is 4. The number of aryl methyl sites for hydroxylation is 1. The number of halogens is 3. The van der Waals surface area contributed by atoms with Crippen LogP contribution in [-0.2, 0) is 10.9 Å². The van der Waals surface area contributed by atoms with Gasteiger partial charge in [0, 0.05) is 24.6 Å². The van der Waals surface area contributed by atoms with Gasteiger partial charge in [-0.2, -0.15) is 27.8 Å². The summed E-state index contributed by atoms with van der Waals surface area (Å²) in [5.41, 5.74) is 0.441. The minimum Gasteiger partial charge on any atom is -0.490 e. The summed E-state index contributed by atoms with van der Waals surface area (Å²) in [6.07, 6.45) is -1.65. The van der Waals surface area contributed by atoms with Crippen LogP contribution < -0.4 is 10.1 Å². The zero-order valence-corrected chi connectivity index (χ0v) is 15.0. The van der Waals surface area contributed by atoms with Crippen molar-refractivity contribution in [1.29, 1.82) is 0 Å². The zero-order valence-electron chi connectivity index (χ0n) is 15.0. The molecule has 0 bridgehead atoms. The molecule has 148 valence electrons. The Labute approximate surface area is 158 Å². The Balaban J connectivity index is 1.59. The van der Waals surface area contributed by atoms with Crippen LogP contribution in [0.15, 0.2) is 30.6 Å². The molecule has 0 radical (unpaired) electrons. The van der Waals surface area contributed by atoms with Crippen molar-refractivity contribution >= 4 is 17.3 Å². The lowest BCUT2D eigenvalue weighted by molar-refractivity contribution is -0.141. The number of anilines is 2. The van der Waals surface area contributed by atoms with Gasteiger partial charge in [0.2, 0.25) is 0 Å². The first-order valence-corrected chi connectivity index (χ1v) is 8.80. The maximum atomic E-state index is 13.1. The molecule has 0 saturated carbocycles. The van der Waals surface area contributed by atoms with Gasteiger partial charge >= 0.3 is 6.18 Å². The summed E-state index contributed by atoms with van der Waals surface area (Å²) in [4.78, 5) is 7.26. The average Bonchev–Trinajstić information content (AvgIpc) is 3.13. The molecule has 0 spiro atoms. The zero-order chi connectivity index (χ0) is 19.7. The maximum Gasteiger partial charge on any atom is 0.433 e. The summed E-state index contributed by atoms with van der Waals surface area (Å²) in [7, 11) is 0. The van der Waals surface area contributed by atoms with E-state index in [-0.39, 0.29) is 17.7 Å². The standard InChI is InChI=1S/C18H18F3N5O2/c1-11-8-12(2-3-14(11)28-13-4-6-27-7-5-13)24-16-9-15(18(19,20)21)25-17-22-10-23-26(16)17/h2-3,8-10,13,24H,4-7H2,1H3. The third-order valence-electron chi connectivity index (χ3n) is 4.45. The van der Waals surface area contributed by atoms with Crippen LogP contribution in [0.2, 0.25) is 0 Å². The topological polar surface area (TPSA) is 73.6 Å². The molecule has 1 fully saturated rings. The van der Waals surface area contributed by atoms with Crippen molar-refractivity contribution in [3.63, 3.8) is 0 Å². The second-order valence-electron chi connectivity index (χ2n) is 6.53. The van der Waals surface area contributed by atoms with E-state index in [4.69, 9.17) is 9.47 Å². The normalized spacial score (nSPS) is 15.7. The van der Waals surface area contributed by atoms with Gasteiger partial charge in [0.25, 0.3) is 5.78 Å². The molecule has 3 aromatic rings. The van der Waals surface area contributed by atoms with Gasteiger partial charge in [-0.3, -0.25) is 0 Å². The predicted molar refractivity (Wildman–Crippen MR) is 94.7 cm³/mol. The molecule has 0 amide bonds. The van der Waals surface area contributed by atoms with E-state index < -0.39 is 11.9 Å². The number of ether oxygens (including phenoxy) is 2. The molecule has 4 rings (SSSR count). The van der Waals surface area contributed by atoms with Gasteiger partial charge in [-0.15, -0.1) is 0 Å². The molecule has 7 nitrogen and oxygen atoms in total. The van der Waals surface area contributed by atoms with E-state index in [2.05, 4.69) is 20.4 Å². The van der Waals surface area contributed by atoms with Crippen LogP contribution in [0.1, 0.15) is 24.1 Å². The lowest BCUT2D eigenvalue weighted by atomic mass is 10.1. The number of rotatable bonds is 4. The second-order valence-corrected chi connectivity index (χ2v) is 6.53. The average molecular weight is 393 g/mol. The fourth-order valence-electron chi connectivity index (χ4n) is 3.03. The number of fused-ring (bicyclic) bond motifs is 1. The van der Waals surface area contributed by atoms with Crippen molar-refractivity contribution in [3.05, 3.63) is 41.9 Å². The Bertz CT molecular complexity index is 983. The number of benzene rings is 1. The van der Waals surface area contributed by atoms with Gasteiger partial charge in [-0.05, 0) is 30.7 Å². The van der Waals surface area contributed by atoms with Crippen LogP contribution in [0, 0.1) is 6.92 Å². The third kappa shape index (κ3) is 3.86. The fourth-order valence-corrected chi connectivity index (χ4v) is 3.03. The Hall–Kier alpha value is -2.88. The highest BCUT2D eigenvalue weighted by Crippen LogP contribution is 2.31. The Morgan fingerprint density at radius 1 is 1.21 bits per heavy atom. The third-order valence-corrected chi connectivity index (χ3v) is 4.45. The molecule has 28 heavy (non-hydrogen) atoms. The molecule has 2 aromatic heterocycles. The van der Waals surface area contributed by atoms with Gasteiger partial charge in [-0.1, -0.05) is 0 Å². The summed E-state index contributed by atoms with van der Waals surface area (Å²) in [6, 6.07) is 6.27. The molecule has 0 aliphatic carbocycles. The predicted octanol–water partition coefficient (Wildman–Crippen LogP) is 3.75. The molecule has 1 aliphatic heterocycles. The summed E-state index contributed by atoms with van der Waals surface area (Å²) in [6.45, 7) is 3.25. The van der Waals surface area contributed by atoms with Gasteiger partial charge < -0.3 is 14.8 Å². The van der Waals surface area contributed by atoms with Crippen molar-refractivity contribution in [3.8, 4) is 5.75 Å². The van der Waals surface area contributed by atoms with E-state index in [1.165, 1.54) is 4.52 Å². The Morgan fingerprint density at radius 3 is 2.71 bits per heavy atom. The van der Waals surface area contributed by atoms with Crippen LogP contribution in [0.4, 0.5) is 24.7 Å². The maximum absolute atomic E-state index is 13.1. The summed E-state index contributed by atoms with van der Waals surface area (Å²) < 4.78 is 51.9. The van der Waals surface area contributed by atoms with Crippen LogP contribution in [0.5, 0.6) is 5.75 Å². The molecule has 0 atom stereocenters. The van der Waals surface area contributed by atoms with Crippen molar-refractivity contribution in [2.75, 3.05) is 18.5 Å². The van der Waals surface area contributed by atoms with Gasteiger partial charge in [0.1, 0.15) is 24.0 Å². The van der Waals surface area contributed by atoms with Crippen LogP contribution in [0.3, 0.4) is 0 Å². The number of nitrogens with one attached hydrogen (secondary N) is 1. The first-order valence-electron chi connectivity index (χ1n) is 8.80. The lowest BCUT2D eigenvalue weighted by Gasteiger charge is -2.24. The minimum atomic E-state index is -4.58. The smallest absolute Gasteiger partial charge is 0.433 e.